The van der Waals surface area contributed by atoms with Gasteiger partial charge in [-0.25, -0.2) is 0 Å². The number of carbonyl (C=O) groups excluding carboxylic acids is 1. The van der Waals surface area contributed by atoms with Gasteiger partial charge in [-0.2, -0.15) is 0 Å². The van der Waals surface area contributed by atoms with E-state index in [9.17, 15) is 4.79 Å². The molecule has 150 valence electrons. The van der Waals surface area contributed by atoms with E-state index in [1.54, 1.807) is 0 Å². The molecule has 1 saturated heterocycles. The number of nitrogens with one attached hydrogen (secondary N) is 1. The van der Waals surface area contributed by atoms with Crippen LogP contribution in [-0.2, 0) is 22.6 Å². The Hall–Kier alpha value is -2.37. The van der Waals surface area contributed by atoms with Crippen molar-refractivity contribution in [3.05, 3.63) is 65.2 Å². The molecule has 0 spiro atoms. The number of morpholine rings is 1. The molecule has 28 heavy (non-hydrogen) atoms. The highest BCUT2D eigenvalue weighted by Crippen LogP contribution is 2.16. The molecule has 1 amide bonds. The summed E-state index contributed by atoms with van der Waals surface area (Å²) in [6.45, 7) is 9.01. The third kappa shape index (κ3) is 6.08. The second-order valence-electron chi connectivity index (χ2n) is 7.25. The highest BCUT2D eigenvalue weighted by atomic mass is 16.5. The normalized spacial score (nSPS) is 15.8. The fourth-order valence-corrected chi connectivity index (χ4v) is 3.26. The number of benzene rings is 2. The van der Waals surface area contributed by atoms with Crippen molar-refractivity contribution in [3.8, 4) is 5.75 Å². The van der Waals surface area contributed by atoms with Gasteiger partial charge in [-0.05, 0) is 42.2 Å². The summed E-state index contributed by atoms with van der Waals surface area (Å²) in [6.07, 6.45) is 0.139. The molecule has 1 heterocycles. The van der Waals surface area contributed by atoms with Gasteiger partial charge in [0.25, 0.3) is 5.91 Å². The fourth-order valence-electron chi connectivity index (χ4n) is 3.26. The minimum Gasteiger partial charge on any atom is -0.481 e. The molecule has 2 aromatic carbocycles. The Kier molecular flexibility index (Phi) is 7.46. The largest absolute Gasteiger partial charge is 0.481 e. The van der Waals surface area contributed by atoms with Gasteiger partial charge in [0.2, 0.25) is 0 Å². The van der Waals surface area contributed by atoms with E-state index in [-0.39, 0.29) is 5.91 Å². The fraction of sp³-hybridized carbons (Fsp3) is 0.435. The minimum atomic E-state index is -0.484. The van der Waals surface area contributed by atoms with Crippen LogP contribution in [0.2, 0.25) is 0 Å². The Labute approximate surface area is 167 Å². The molecule has 3 rings (SSSR count). The third-order valence-electron chi connectivity index (χ3n) is 4.93. The van der Waals surface area contributed by atoms with Crippen LogP contribution in [-0.4, -0.2) is 43.2 Å². The molecule has 1 aliphatic rings. The molecule has 5 nitrogen and oxygen atoms in total. The highest BCUT2D eigenvalue weighted by Gasteiger charge is 2.18. The van der Waals surface area contributed by atoms with Crippen LogP contribution in [0.15, 0.2) is 48.5 Å². The maximum atomic E-state index is 12.5. The molecular weight excluding hydrogens is 352 g/mol. The number of hydrogen-bond acceptors (Lipinski definition) is 4. The van der Waals surface area contributed by atoms with Gasteiger partial charge < -0.3 is 14.8 Å². The smallest absolute Gasteiger partial charge is 0.261 e. The summed E-state index contributed by atoms with van der Waals surface area (Å²) in [5.74, 6) is 0.649. The van der Waals surface area contributed by atoms with Gasteiger partial charge >= 0.3 is 0 Å². The van der Waals surface area contributed by atoms with E-state index < -0.39 is 6.10 Å². The summed E-state index contributed by atoms with van der Waals surface area (Å²) in [5, 5.41) is 2.99. The molecule has 0 aromatic heterocycles. The Morgan fingerprint density at radius 3 is 2.54 bits per heavy atom. The average molecular weight is 383 g/mol. The van der Waals surface area contributed by atoms with Crippen molar-refractivity contribution >= 4 is 5.91 Å². The van der Waals surface area contributed by atoms with E-state index in [1.165, 1.54) is 5.56 Å². The number of amides is 1. The molecule has 0 radical (unpaired) electrons. The SMILES string of the molecule is CC[C@H](Oc1cccc(C)c1)C(=O)NCc1ccc(CN2CCOCC2)cc1. The van der Waals surface area contributed by atoms with E-state index in [1.807, 2.05) is 38.1 Å². The molecule has 0 unspecified atom stereocenters. The van der Waals surface area contributed by atoms with Crippen LogP contribution in [0.3, 0.4) is 0 Å². The quantitative estimate of drug-likeness (QED) is 0.761. The van der Waals surface area contributed by atoms with Crippen molar-refractivity contribution in [1.29, 1.82) is 0 Å². The van der Waals surface area contributed by atoms with E-state index >= 15 is 0 Å². The van der Waals surface area contributed by atoms with Gasteiger partial charge in [-0.1, -0.05) is 43.3 Å². The Morgan fingerprint density at radius 1 is 1.14 bits per heavy atom. The maximum Gasteiger partial charge on any atom is 0.261 e. The maximum absolute atomic E-state index is 12.5. The zero-order chi connectivity index (χ0) is 19.8. The lowest BCUT2D eigenvalue weighted by Crippen LogP contribution is -2.37. The van der Waals surface area contributed by atoms with Crippen molar-refractivity contribution in [1.82, 2.24) is 10.2 Å². The first kappa shape index (κ1) is 20.4. The lowest BCUT2D eigenvalue weighted by Gasteiger charge is -2.26. The monoisotopic (exact) mass is 382 g/mol. The summed E-state index contributed by atoms with van der Waals surface area (Å²) < 4.78 is 11.3. The molecule has 0 bridgehead atoms. The van der Waals surface area contributed by atoms with Crippen molar-refractivity contribution in [3.63, 3.8) is 0 Å². The molecule has 0 saturated carbocycles. The molecule has 1 aliphatic heterocycles. The van der Waals surface area contributed by atoms with E-state index in [0.29, 0.717) is 13.0 Å². The van der Waals surface area contributed by atoms with Gasteiger partial charge in [-0.3, -0.25) is 9.69 Å². The summed E-state index contributed by atoms with van der Waals surface area (Å²) in [6, 6.07) is 16.2. The van der Waals surface area contributed by atoms with Crippen molar-refractivity contribution in [2.45, 2.75) is 39.5 Å². The van der Waals surface area contributed by atoms with Crippen LogP contribution < -0.4 is 10.1 Å². The molecule has 5 heteroatoms. The summed E-state index contributed by atoms with van der Waals surface area (Å²) in [4.78, 5) is 14.9. The van der Waals surface area contributed by atoms with E-state index in [2.05, 4.69) is 34.5 Å². The number of aryl methyl sites for hydroxylation is 1. The van der Waals surface area contributed by atoms with Crippen LogP contribution in [0.1, 0.15) is 30.0 Å². The molecule has 1 fully saturated rings. The number of carbonyl (C=O) groups is 1. The van der Waals surface area contributed by atoms with Crippen LogP contribution in [0.25, 0.3) is 0 Å². The zero-order valence-electron chi connectivity index (χ0n) is 16.8. The van der Waals surface area contributed by atoms with E-state index in [0.717, 1.165) is 49.7 Å². The van der Waals surface area contributed by atoms with Crippen molar-refractivity contribution in [2.75, 3.05) is 26.3 Å². The second-order valence-corrected chi connectivity index (χ2v) is 7.25. The van der Waals surface area contributed by atoms with E-state index in [4.69, 9.17) is 9.47 Å². The lowest BCUT2D eigenvalue weighted by atomic mass is 10.1. The molecular formula is C23H30N2O3. The predicted molar refractivity (Wildman–Crippen MR) is 110 cm³/mol. The predicted octanol–water partition coefficient (Wildman–Crippen LogP) is 3.30. The topological polar surface area (TPSA) is 50.8 Å². The average Bonchev–Trinajstić information content (AvgIpc) is 2.72. The summed E-state index contributed by atoms with van der Waals surface area (Å²) >= 11 is 0. The van der Waals surface area contributed by atoms with Crippen molar-refractivity contribution < 1.29 is 14.3 Å². The number of rotatable bonds is 8. The minimum absolute atomic E-state index is 0.0820. The molecule has 0 aliphatic carbocycles. The molecule has 1 atom stereocenters. The standard InChI is InChI=1S/C23H30N2O3/c1-3-22(28-21-6-4-5-18(2)15-21)23(26)24-16-19-7-9-20(10-8-19)17-25-11-13-27-14-12-25/h4-10,15,22H,3,11-14,16-17H2,1-2H3,(H,24,26)/t22-/m0/s1. The van der Waals surface area contributed by atoms with Gasteiger partial charge in [0.15, 0.2) is 6.10 Å². The lowest BCUT2D eigenvalue weighted by molar-refractivity contribution is -0.128. The van der Waals surface area contributed by atoms with Gasteiger partial charge in [0.05, 0.1) is 13.2 Å². The Balaban J connectivity index is 1.48. The highest BCUT2D eigenvalue weighted by molar-refractivity contribution is 5.81. The van der Waals surface area contributed by atoms with Gasteiger partial charge in [0, 0.05) is 26.2 Å². The number of hydrogen-bond donors (Lipinski definition) is 1. The summed E-state index contributed by atoms with van der Waals surface area (Å²) in [5.41, 5.74) is 3.49. The van der Waals surface area contributed by atoms with Crippen LogP contribution in [0.5, 0.6) is 5.75 Å². The Bertz CT molecular complexity index is 755. The van der Waals surface area contributed by atoms with Crippen LogP contribution in [0, 0.1) is 6.92 Å². The first-order valence-electron chi connectivity index (χ1n) is 10.0. The first-order chi connectivity index (χ1) is 13.6. The summed E-state index contributed by atoms with van der Waals surface area (Å²) in [7, 11) is 0. The first-order valence-corrected chi connectivity index (χ1v) is 10.0. The molecule has 2 aromatic rings. The van der Waals surface area contributed by atoms with Crippen molar-refractivity contribution in [2.24, 2.45) is 0 Å². The third-order valence-corrected chi connectivity index (χ3v) is 4.93. The second kappa shape index (κ2) is 10.2. The molecule has 1 N–H and O–H groups in total. The number of ether oxygens (including phenoxy) is 2. The van der Waals surface area contributed by atoms with Crippen LogP contribution >= 0.6 is 0 Å². The van der Waals surface area contributed by atoms with Gasteiger partial charge in [-0.15, -0.1) is 0 Å². The zero-order valence-corrected chi connectivity index (χ0v) is 16.8. The Morgan fingerprint density at radius 2 is 1.86 bits per heavy atom. The van der Waals surface area contributed by atoms with Crippen LogP contribution in [0.4, 0.5) is 0 Å². The van der Waals surface area contributed by atoms with Gasteiger partial charge in [0.1, 0.15) is 5.75 Å². The number of nitrogens with zero attached hydrogens (tertiary/aromatic N) is 1.